The Labute approximate surface area is 138 Å². The molecule has 0 saturated carbocycles. The second-order valence-corrected chi connectivity index (χ2v) is 5.77. The summed E-state index contributed by atoms with van der Waals surface area (Å²) in [4.78, 5) is 37.2. The van der Waals surface area contributed by atoms with E-state index >= 15 is 0 Å². The maximum absolute atomic E-state index is 12.9. The van der Waals surface area contributed by atoms with Gasteiger partial charge in [0, 0.05) is 23.5 Å². The Kier molecular flexibility index (Phi) is 3.84. The summed E-state index contributed by atoms with van der Waals surface area (Å²) in [7, 11) is 0. The maximum atomic E-state index is 12.9. The van der Waals surface area contributed by atoms with Gasteiger partial charge >= 0.3 is 6.09 Å². The van der Waals surface area contributed by atoms with Crippen LogP contribution in [0, 0.1) is 0 Å². The van der Waals surface area contributed by atoms with Gasteiger partial charge in [0.2, 0.25) is 5.91 Å². The monoisotopic (exact) mass is 327 g/mol. The molecule has 0 aromatic heterocycles. The summed E-state index contributed by atoms with van der Waals surface area (Å²) in [5.74, 6) is -0.607. The molecule has 124 valence electrons. The highest BCUT2D eigenvalue weighted by Gasteiger charge is 2.41. The number of allylic oxidation sites excluding steroid dienone is 1. The molecule has 7 nitrogen and oxygen atoms in total. The van der Waals surface area contributed by atoms with E-state index in [4.69, 9.17) is 5.11 Å². The highest BCUT2D eigenvalue weighted by atomic mass is 16.4. The number of hydrogen-bond donors (Lipinski definition) is 3. The van der Waals surface area contributed by atoms with Crippen LogP contribution in [0.5, 0.6) is 0 Å². The summed E-state index contributed by atoms with van der Waals surface area (Å²) in [5.41, 5.74) is 2.68. The fraction of sp³-hybridized carbons (Fsp3) is 0.235. The van der Waals surface area contributed by atoms with E-state index in [1.165, 1.54) is 4.90 Å². The average molecular weight is 327 g/mol. The molecule has 1 fully saturated rings. The van der Waals surface area contributed by atoms with Gasteiger partial charge in [0.15, 0.2) is 0 Å². The molecule has 24 heavy (non-hydrogen) atoms. The lowest BCUT2D eigenvalue weighted by Crippen LogP contribution is -2.49. The maximum Gasteiger partial charge on any atom is 0.404 e. The Bertz CT molecular complexity index is 784. The molecular formula is C17H17N3O4. The number of amides is 3. The lowest BCUT2D eigenvalue weighted by molar-refractivity contribution is -0.125. The third kappa shape index (κ3) is 2.54. The van der Waals surface area contributed by atoms with Gasteiger partial charge in [-0.3, -0.25) is 14.5 Å². The Hall–Kier alpha value is -3.09. The number of benzene rings is 1. The number of carbonyl (C=O) groups is 3. The van der Waals surface area contributed by atoms with E-state index in [0.717, 1.165) is 0 Å². The van der Waals surface area contributed by atoms with Gasteiger partial charge in [0.05, 0.1) is 5.56 Å². The molecule has 3 rings (SSSR count). The van der Waals surface area contributed by atoms with Crippen LogP contribution in [-0.4, -0.2) is 34.0 Å². The summed E-state index contributed by atoms with van der Waals surface area (Å²) >= 11 is 0. The van der Waals surface area contributed by atoms with Gasteiger partial charge < -0.3 is 15.7 Å². The fourth-order valence-corrected chi connectivity index (χ4v) is 3.12. The van der Waals surface area contributed by atoms with E-state index in [9.17, 15) is 14.4 Å². The van der Waals surface area contributed by atoms with Crippen LogP contribution in [0.4, 0.5) is 4.79 Å². The molecule has 2 heterocycles. The van der Waals surface area contributed by atoms with Crippen LogP contribution >= 0.6 is 0 Å². The highest BCUT2D eigenvalue weighted by molar-refractivity contribution is 6.12. The third-order valence-electron chi connectivity index (χ3n) is 4.25. The smallest absolute Gasteiger partial charge is 0.404 e. The van der Waals surface area contributed by atoms with Gasteiger partial charge in [-0.25, -0.2) is 4.79 Å². The molecule has 3 N–H and O–H groups in total. The van der Waals surface area contributed by atoms with E-state index in [1.807, 2.05) is 0 Å². The van der Waals surface area contributed by atoms with Gasteiger partial charge in [-0.15, -0.1) is 0 Å². The normalized spacial score (nSPS) is 20.0. The van der Waals surface area contributed by atoms with E-state index in [0.29, 0.717) is 40.9 Å². The fourth-order valence-electron chi connectivity index (χ4n) is 3.12. The number of nitrogens with one attached hydrogen (secondary N) is 2. The number of piperidine rings is 1. The van der Waals surface area contributed by atoms with Crippen molar-refractivity contribution in [2.45, 2.75) is 25.4 Å². The zero-order chi connectivity index (χ0) is 17.4. The molecule has 0 aliphatic carbocycles. The minimum atomic E-state index is -1.17. The Morgan fingerprint density at radius 2 is 2.12 bits per heavy atom. The Balaban J connectivity index is 1.94. The van der Waals surface area contributed by atoms with Crippen molar-refractivity contribution in [3.8, 4) is 0 Å². The van der Waals surface area contributed by atoms with Gasteiger partial charge in [0.25, 0.3) is 5.91 Å². The van der Waals surface area contributed by atoms with Crippen molar-refractivity contribution in [2.75, 3.05) is 0 Å². The summed E-state index contributed by atoms with van der Waals surface area (Å²) < 4.78 is 0. The standard InChI is InChI=1S/C17H17N3O4/c1-9-6-7-13(15(21)19-9)20-10(2)12-5-3-4-11(8-18-17(23)24)14(12)16(20)22/h3-5,13,18H,1-2,6-8H2,(H,19,21)(H,23,24). The summed E-state index contributed by atoms with van der Waals surface area (Å²) in [5, 5.41) is 13.7. The largest absolute Gasteiger partial charge is 0.465 e. The van der Waals surface area contributed by atoms with Crippen molar-refractivity contribution < 1.29 is 19.5 Å². The van der Waals surface area contributed by atoms with Gasteiger partial charge in [-0.2, -0.15) is 0 Å². The highest BCUT2D eigenvalue weighted by Crippen LogP contribution is 2.37. The molecule has 0 bridgehead atoms. The van der Waals surface area contributed by atoms with Crippen LogP contribution in [0.15, 0.2) is 37.1 Å². The van der Waals surface area contributed by atoms with Crippen LogP contribution < -0.4 is 10.6 Å². The number of hydrogen-bond acceptors (Lipinski definition) is 3. The molecule has 7 heteroatoms. The molecule has 2 aliphatic heterocycles. The number of nitrogens with zero attached hydrogens (tertiary/aromatic N) is 1. The molecule has 1 unspecified atom stereocenters. The minimum absolute atomic E-state index is 0.0129. The van der Waals surface area contributed by atoms with Crippen LogP contribution in [0.1, 0.15) is 34.3 Å². The first-order valence-electron chi connectivity index (χ1n) is 7.50. The predicted molar refractivity (Wildman–Crippen MR) is 86.8 cm³/mol. The van der Waals surface area contributed by atoms with Crippen molar-refractivity contribution in [2.24, 2.45) is 0 Å². The minimum Gasteiger partial charge on any atom is -0.465 e. The predicted octanol–water partition coefficient (Wildman–Crippen LogP) is 1.67. The first-order chi connectivity index (χ1) is 11.4. The van der Waals surface area contributed by atoms with Crippen molar-refractivity contribution in [1.82, 2.24) is 15.5 Å². The molecule has 0 radical (unpaired) electrons. The van der Waals surface area contributed by atoms with E-state index < -0.39 is 12.1 Å². The van der Waals surface area contributed by atoms with Crippen molar-refractivity contribution >= 4 is 23.6 Å². The second kappa shape index (κ2) is 5.84. The van der Waals surface area contributed by atoms with Crippen LogP contribution in [0.2, 0.25) is 0 Å². The van der Waals surface area contributed by atoms with Gasteiger partial charge in [0.1, 0.15) is 6.04 Å². The quantitative estimate of drug-likeness (QED) is 0.786. The molecule has 3 amide bonds. The molecular weight excluding hydrogens is 310 g/mol. The lowest BCUT2D eigenvalue weighted by atomic mass is 10.0. The molecule has 1 aromatic carbocycles. The topological polar surface area (TPSA) is 98.7 Å². The van der Waals surface area contributed by atoms with Crippen LogP contribution in [-0.2, 0) is 11.3 Å². The first-order valence-corrected chi connectivity index (χ1v) is 7.50. The first kappa shape index (κ1) is 15.8. The lowest BCUT2D eigenvalue weighted by Gasteiger charge is -2.31. The molecule has 0 spiro atoms. The van der Waals surface area contributed by atoms with Crippen LogP contribution in [0.3, 0.4) is 0 Å². The SMILES string of the molecule is C=C1CCC(N2C(=C)c3cccc(CNC(=O)O)c3C2=O)C(=O)N1. The Morgan fingerprint density at radius 1 is 1.38 bits per heavy atom. The number of carboxylic acid groups (broad SMARTS) is 1. The van der Waals surface area contributed by atoms with E-state index in [-0.39, 0.29) is 18.4 Å². The van der Waals surface area contributed by atoms with Crippen molar-refractivity contribution in [1.29, 1.82) is 0 Å². The third-order valence-corrected chi connectivity index (χ3v) is 4.25. The van der Waals surface area contributed by atoms with E-state index in [1.54, 1.807) is 18.2 Å². The summed E-state index contributed by atoms with van der Waals surface area (Å²) in [6.07, 6.45) is -0.0949. The van der Waals surface area contributed by atoms with Gasteiger partial charge in [-0.1, -0.05) is 31.4 Å². The molecule has 2 aliphatic rings. The van der Waals surface area contributed by atoms with Gasteiger partial charge in [-0.05, 0) is 18.4 Å². The van der Waals surface area contributed by atoms with Crippen LogP contribution in [0.25, 0.3) is 5.70 Å². The number of rotatable bonds is 3. The zero-order valence-electron chi connectivity index (χ0n) is 13.0. The number of carbonyl (C=O) groups excluding carboxylic acids is 2. The molecule has 1 saturated heterocycles. The Morgan fingerprint density at radius 3 is 2.79 bits per heavy atom. The van der Waals surface area contributed by atoms with E-state index in [2.05, 4.69) is 23.8 Å². The molecule has 1 aromatic rings. The number of fused-ring (bicyclic) bond motifs is 1. The van der Waals surface area contributed by atoms with Crippen molar-refractivity contribution in [3.05, 3.63) is 53.7 Å². The molecule has 1 atom stereocenters. The summed E-state index contributed by atoms with van der Waals surface area (Å²) in [6, 6.07) is 4.54. The second-order valence-electron chi connectivity index (χ2n) is 5.77. The average Bonchev–Trinajstić information content (AvgIpc) is 2.78. The van der Waals surface area contributed by atoms with Crippen molar-refractivity contribution in [3.63, 3.8) is 0 Å². The zero-order valence-corrected chi connectivity index (χ0v) is 13.0. The summed E-state index contributed by atoms with van der Waals surface area (Å²) in [6.45, 7) is 7.71.